The molecule has 0 saturated carbocycles. The predicted molar refractivity (Wildman–Crippen MR) is 135 cm³/mol. The first-order chi connectivity index (χ1) is 17.4. The average molecular weight is 524 g/mol. The molecule has 1 aromatic heterocycles. The Labute approximate surface area is 214 Å². The Morgan fingerprint density at radius 3 is 2.42 bits per heavy atom. The molecule has 1 N–H and O–H groups in total. The molecule has 0 aliphatic carbocycles. The van der Waals surface area contributed by atoms with E-state index in [9.17, 15) is 19.7 Å². The van der Waals surface area contributed by atoms with Gasteiger partial charge in [-0.2, -0.15) is 0 Å². The standard InChI is InChI=1S/C24H18ClN5O5S/c25-17-11-12-19(20(13-17)30(33)34)26-21(31)14-35-22(32)15-36-24-28-27-23(16-7-3-1-4-8-16)29(24)18-9-5-2-6-10-18/h1-13H,14-15H2,(H,26,31). The summed E-state index contributed by atoms with van der Waals surface area (Å²) in [7, 11) is 0. The van der Waals surface area contributed by atoms with Crippen LogP contribution in [0.15, 0.2) is 84.0 Å². The third-order valence-corrected chi connectivity index (χ3v) is 5.93. The maximum atomic E-state index is 12.3. The first-order valence-corrected chi connectivity index (χ1v) is 11.9. The number of hydrogen-bond donors (Lipinski definition) is 1. The minimum Gasteiger partial charge on any atom is -0.455 e. The second-order valence-electron chi connectivity index (χ2n) is 7.26. The lowest BCUT2D eigenvalue weighted by Gasteiger charge is -2.10. The second-order valence-corrected chi connectivity index (χ2v) is 8.64. The molecular formula is C24H18ClN5O5S. The Hall–Kier alpha value is -4.22. The average Bonchev–Trinajstić information content (AvgIpc) is 3.32. The fraction of sp³-hybridized carbons (Fsp3) is 0.0833. The highest BCUT2D eigenvalue weighted by molar-refractivity contribution is 7.99. The predicted octanol–water partition coefficient (Wildman–Crippen LogP) is 4.77. The van der Waals surface area contributed by atoms with Gasteiger partial charge in [0, 0.05) is 22.3 Å². The summed E-state index contributed by atoms with van der Waals surface area (Å²) in [5, 5.41) is 22.7. The zero-order valence-electron chi connectivity index (χ0n) is 18.5. The van der Waals surface area contributed by atoms with Crippen LogP contribution in [-0.4, -0.2) is 43.9 Å². The molecule has 0 fully saturated rings. The third kappa shape index (κ3) is 6.06. The van der Waals surface area contributed by atoms with Gasteiger partial charge in [0.05, 0.1) is 10.7 Å². The first kappa shape index (κ1) is 24.9. The highest BCUT2D eigenvalue weighted by Crippen LogP contribution is 2.29. The third-order valence-electron chi connectivity index (χ3n) is 4.79. The molecule has 3 aromatic carbocycles. The van der Waals surface area contributed by atoms with Crippen molar-refractivity contribution in [1.82, 2.24) is 14.8 Å². The minimum absolute atomic E-state index is 0.0516. The number of nitrogens with one attached hydrogen (secondary N) is 1. The maximum Gasteiger partial charge on any atom is 0.316 e. The van der Waals surface area contributed by atoms with E-state index < -0.39 is 23.4 Å². The van der Waals surface area contributed by atoms with Gasteiger partial charge in [-0.15, -0.1) is 10.2 Å². The fourth-order valence-corrected chi connectivity index (χ4v) is 4.12. The van der Waals surface area contributed by atoms with E-state index in [1.54, 1.807) is 0 Å². The van der Waals surface area contributed by atoms with E-state index in [0.717, 1.165) is 29.1 Å². The molecule has 36 heavy (non-hydrogen) atoms. The van der Waals surface area contributed by atoms with Gasteiger partial charge in [0.1, 0.15) is 5.69 Å². The van der Waals surface area contributed by atoms with E-state index in [1.165, 1.54) is 12.1 Å². The number of nitro benzene ring substituents is 1. The maximum absolute atomic E-state index is 12.3. The van der Waals surface area contributed by atoms with Crippen molar-refractivity contribution in [2.24, 2.45) is 0 Å². The van der Waals surface area contributed by atoms with Crippen LogP contribution in [0.25, 0.3) is 17.1 Å². The molecule has 0 aliphatic rings. The molecule has 182 valence electrons. The van der Waals surface area contributed by atoms with Crippen LogP contribution in [0.5, 0.6) is 0 Å². The van der Waals surface area contributed by atoms with Gasteiger partial charge in [-0.25, -0.2) is 0 Å². The van der Waals surface area contributed by atoms with Gasteiger partial charge in [0.25, 0.3) is 11.6 Å². The molecule has 4 aromatic rings. The molecule has 0 radical (unpaired) electrons. The van der Waals surface area contributed by atoms with Crippen LogP contribution in [0.4, 0.5) is 11.4 Å². The van der Waals surface area contributed by atoms with Gasteiger partial charge >= 0.3 is 5.97 Å². The SMILES string of the molecule is O=C(COC(=O)CSc1nnc(-c2ccccc2)n1-c1ccccc1)Nc1ccc(Cl)cc1[N+](=O)[O-]. The number of rotatable bonds is 9. The number of para-hydroxylation sites is 1. The van der Waals surface area contributed by atoms with Crippen LogP contribution in [0.3, 0.4) is 0 Å². The summed E-state index contributed by atoms with van der Waals surface area (Å²) >= 11 is 6.88. The molecule has 1 heterocycles. The fourth-order valence-electron chi connectivity index (χ4n) is 3.21. The van der Waals surface area contributed by atoms with Crippen molar-refractivity contribution in [3.05, 3.63) is 94.0 Å². The first-order valence-electron chi connectivity index (χ1n) is 10.5. The van der Waals surface area contributed by atoms with Crippen molar-refractivity contribution < 1.29 is 19.2 Å². The van der Waals surface area contributed by atoms with Gasteiger partial charge in [-0.05, 0) is 24.3 Å². The highest BCUT2D eigenvalue weighted by Gasteiger charge is 2.19. The molecule has 4 rings (SSSR count). The molecular weight excluding hydrogens is 506 g/mol. The quantitative estimate of drug-likeness (QED) is 0.144. The molecule has 0 spiro atoms. The van der Waals surface area contributed by atoms with E-state index in [1.807, 2.05) is 65.2 Å². The number of halogens is 1. The molecule has 0 atom stereocenters. The number of carbonyl (C=O) groups is 2. The second kappa shape index (κ2) is 11.5. The Morgan fingerprint density at radius 2 is 1.72 bits per heavy atom. The van der Waals surface area contributed by atoms with Gasteiger partial charge in [-0.3, -0.25) is 24.3 Å². The van der Waals surface area contributed by atoms with Crippen molar-refractivity contribution in [3.63, 3.8) is 0 Å². The summed E-state index contributed by atoms with van der Waals surface area (Å²) in [4.78, 5) is 35.0. The number of amides is 1. The van der Waals surface area contributed by atoms with Crippen LogP contribution in [0.1, 0.15) is 0 Å². The largest absolute Gasteiger partial charge is 0.455 e. The zero-order valence-corrected chi connectivity index (χ0v) is 20.1. The lowest BCUT2D eigenvalue weighted by atomic mass is 10.2. The van der Waals surface area contributed by atoms with Gasteiger partial charge in [-0.1, -0.05) is 71.9 Å². The smallest absolute Gasteiger partial charge is 0.316 e. The number of esters is 1. The molecule has 0 bridgehead atoms. The van der Waals surface area contributed by atoms with Crippen molar-refractivity contribution in [3.8, 4) is 17.1 Å². The monoisotopic (exact) mass is 523 g/mol. The van der Waals surface area contributed by atoms with Crippen molar-refractivity contribution in [1.29, 1.82) is 0 Å². The number of ether oxygens (including phenoxy) is 1. The minimum atomic E-state index is -0.724. The van der Waals surface area contributed by atoms with E-state index in [4.69, 9.17) is 16.3 Å². The molecule has 0 unspecified atom stereocenters. The van der Waals surface area contributed by atoms with Crippen LogP contribution < -0.4 is 5.32 Å². The van der Waals surface area contributed by atoms with Crippen LogP contribution in [-0.2, 0) is 14.3 Å². The summed E-state index contributed by atoms with van der Waals surface area (Å²) in [6, 6.07) is 22.8. The van der Waals surface area contributed by atoms with Gasteiger partial charge < -0.3 is 10.1 Å². The Kier molecular flexibility index (Phi) is 7.93. The summed E-state index contributed by atoms with van der Waals surface area (Å²) in [6.45, 7) is -0.611. The summed E-state index contributed by atoms with van der Waals surface area (Å²) in [6.07, 6.45) is 0. The van der Waals surface area contributed by atoms with Crippen LogP contribution in [0, 0.1) is 10.1 Å². The van der Waals surface area contributed by atoms with E-state index in [0.29, 0.717) is 11.0 Å². The number of anilines is 1. The number of carbonyl (C=O) groups excluding carboxylic acids is 2. The van der Waals surface area contributed by atoms with Crippen LogP contribution in [0.2, 0.25) is 5.02 Å². The molecule has 0 saturated heterocycles. The lowest BCUT2D eigenvalue weighted by molar-refractivity contribution is -0.383. The number of benzene rings is 3. The number of nitrogens with zero attached hydrogens (tertiary/aromatic N) is 4. The number of thioether (sulfide) groups is 1. The summed E-state index contributed by atoms with van der Waals surface area (Å²) < 4.78 is 6.87. The van der Waals surface area contributed by atoms with E-state index in [2.05, 4.69) is 15.5 Å². The van der Waals surface area contributed by atoms with E-state index in [-0.39, 0.29) is 22.2 Å². The van der Waals surface area contributed by atoms with Crippen LogP contribution >= 0.6 is 23.4 Å². The molecule has 12 heteroatoms. The highest BCUT2D eigenvalue weighted by atomic mass is 35.5. The number of aromatic nitrogens is 3. The summed E-state index contributed by atoms with van der Waals surface area (Å²) in [5.41, 5.74) is 1.26. The zero-order chi connectivity index (χ0) is 25.5. The van der Waals surface area contributed by atoms with E-state index >= 15 is 0 Å². The topological polar surface area (TPSA) is 129 Å². The normalized spacial score (nSPS) is 10.6. The van der Waals surface area contributed by atoms with Gasteiger partial charge in [0.15, 0.2) is 17.6 Å². The molecule has 10 nitrogen and oxygen atoms in total. The van der Waals surface area contributed by atoms with Crippen molar-refractivity contribution in [2.45, 2.75) is 5.16 Å². The Bertz CT molecular complexity index is 1400. The van der Waals surface area contributed by atoms with Crippen molar-refractivity contribution in [2.75, 3.05) is 17.7 Å². The van der Waals surface area contributed by atoms with Gasteiger partial charge in [0.2, 0.25) is 0 Å². The number of hydrogen-bond acceptors (Lipinski definition) is 8. The molecule has 0 aliphatic heterocycles. The number of nitro groups is 1. The lowest BCUT2D eigenvalue weighted by Crippen LogP contribution is -2.22. The molecule has 1 amide bonds. The summed E-state index contributed by atoms with van der Waals surface area (Å²) in [5.74, 6) is -0.905. The van der Waals surface area contributed by atoms with Crippen molar-refractivity contribution >= 4 is 46.6 Å². The Balaban J connectivity index is 1.40. The Morgan fingerprint density at radius 1 is 1.03 bits per heavy atom.